The van der Waals surface area contributed by atoms with E-state index in [9.17, 15) is 38.4 Å². The van der Waals surface area contributed by atoms with Gasteiger partial charge in [-0.05, 0) is 119 Å². The van der Waals surface area contributed by atoms with Crippen molar-refractivity contribution >= 4 is 47.5 Å². The van der Waals surface area contributed by atoms with Crippen LogP contribution in [0.3, 0.4) is 0 Å². The highest BCUT2D eigenvalue weighted by Gasteiger charge is 2.52. The molecule has 3 aliphatic carbocycles. The van der Waals surface area contributed by atoms with Crippen LogP contribution in [0.15, 0.2) is 0 Å². The normalized spacial score (nSPS) is 29.5. The van der Waals surface area contributed by atoms with Gasteiger partial charge in [0.25, 0.3) is 0 Å². The van der Waals surface area contributed by atoms with E-state index in [0.29, 0.717) is 12.8 Å². The number of amides is 4. The summed E-state index contributed by atoms with van der Waals surface area (Å²) < 4.78 is 23.2. The van der Waals surface area contributed by atoms with Crippen molar-refractivity contribution in [2.75, 3.05) is 26.4 Å². The zero-order valence-corrected chi connectivity index (χ0v) is 36.8. The van der Waals surface area contributed by atoms with Crippen LogP contribution in [-0.4, -0.2) is 98.1 Å². The molecule has 4 amide bonds. The Bertz CT molecular complexity index is 1400. The van der Waals surface area contributed by atoms with Crippen molar-refractivity contribution in [3.8, 4) is 0 Å². The first kappa shape index (κ1) is 49.1. The molecular weight excluding hydrogens is 764 g/mol. The predicted octanol–water partition coefficient (Wildman–Crippen LogP) is 3.23. The summed E-state index contributed by atoms with van der Waals surface area (Å²) in [4.78, 5) is 98.1. The van der Waals surface area contributed by atoms with Gasteiger partial charge in [-0.15, -0.1) is 0 Å². The summed E-state index contributed by atoms with van der Waals surface area (Å²) in [6.07, 6.45) is 5.72. The van der Waals surface area contributed by atoms with Crippen LogP contribution in [0.4, 0.5) is 0 Å². The minimum atomic E-state index is -0.807. The molecule has 0 saturated heterocycles. The third-order valence-electron chi connectivity index (χ3n) is 12.9. The molecule has 14 atom stereocenters. The third-order valence-corrected chi connectivity index (χ3v) is 12.9. The molecule has 0 aromatic rings. The molecule has 0 bridgehead atoms. The summed E-state index contributed by atoms with van der Waals surface area (Å²) in [5, 5.41) is 10.3. The monoisotopic (exact) mass is 834 g/mol. The SMILES string of the molecule is CC[C@@H]1C(C2CCC(C3[C@@H](COC(=O)C(C)NC(C)=O)C[C@@H](COC(=O)C(C)NC(C)=O)[C@H]3CC)C2)[C@H](COC(=O)C(C)NC(C)=O)C[C@@H]1COC(=O)C(C)NC(C)=O. The topological polar surface area (TPSA) is 222 Å². The van der Waals surface area contributed by atoms with Crippen LogP contribution in [0.5, 0.6) is 0 Å². The van der Waals surface area contributed by atoms with Crippen LogP contribution < -0.4 is 21.3 Å². The van der Waals surface area contributed by atoms with E-state index < -0.39 is 48.0 Å². The van der Waals surface area contributed by atoms with Gasteiger partial charge in [0.15, 0.2) is 0 Å². The molecule has 4 N–H and O–H groups in total. The second-order valence-electron chi connectivity index (χ2n) is 17.4. The maximum Gasteiger partial charge on any atom is 0.328 e. The Kier molecular flexibility index (Phi) is 19.1. The van der Waals surface area contributed by atoms with Gasteiger partial charge in [0, 0.05) is 27.7 Å². The molecule has 0 radical (unpaired) electrons. The van der Waals surface area contributed by atoms with E-state index in [1.54, 1.807) is 27.7 Å². The Balaban J connectivity index is 1.87. The molecule has 8 unspecified atom stereocenters. The van der Waals surface area contributed by atoms with Crippen molar-refractivity contribution in [1.82, 2.24) is 21.3 Å². The van der Waals surface area contributed by atoms with Crippen LogP contribution in [0.2, 0.25) is 0 Å². The first-order valence-corrected chi connectivity index (χ1v) is 21.5. The van der Waals surface area contributed by atoms with E-state index in [1.807, 2.05) is 0 Å². The van der Waals surface area contributed by atoms with Crippen LogP contribution in [0, 0.1) is 59.2 Å². The second kappa shape index (κ2) is 22.9. The van der Waals surface area contributed by atoms with Crippen LogP contribution in [0.25, 0.3) is 0 Å². The van der Waals surface area contributed by atoms with Gasteiger partial charge < -0.3 is 40.2 Å². The number of carbonyl (C=O) groups is 8. The van der Waals surface area contributed by atoms with E-state index in [4.69, 9.17) is 18.9 Å². The summed E-state index contributed by atoms with van der Waals surface area (Å²) in [5.74, 6) is -2.30. The number of hydrogen-bond acceptors (Lipinski definition) is 12. The summed E-state index contributed by atoms with van der Waals surface area (Å²) in [6, 6.07) is -3.20. The lowest BCUT2D eigenvalue weighted by Gasteiger charge is -2.34. The average molecular weight is 835 g/mol. The highest BCUT2D eigenvalue weighted by atomic mass is 16.5. The molecular formula is C43H70N4O12. The smallest absolute Gasteiger partial charge is 0.328 e. The number of rotatable bonds is 20. The standard InChI is InChI=1S/C43H70N4O12/c1-11-36-32(18-56-40(52)22(3)44-26(7)48)16-34(20-58-42(54)24(5)46-28(9)50)38(36)30-13-14-31(15-30)39-35(21-59-43(55)25(6)47-29(10)51)17-33(37(39)12-2)19-57-41(53)23(4)45-27(8)49/h22-25,30-39H,11-21H2,1-10H3,(H,44,48)(H,45,49)(H,46,50)(H,47,51)/t22?,23?,24?,25?,30?,31?,32-,33+,34+,35-,36+,37-,38?,39?. The fourth-order valence-electron chi connectivity index (χ4n) is 10.7. The van der Waals surface area contributed by atoms with Crippen molar-refractivity contribution in [2.24, 2.45) is 59.2 Å². The number of hydrogen-bond donors (Lipinski definition) is 4. The lowest BCUT2D eigenvalue weighted by Crippen LogP contribution is -2.39. The molecule has 0 aliphatic heterocycles. The van der Waals surface area contributed by atoms with Gasteiger partial charge in [-0.25, -0.2) is 19.2 Å². The van der Waals surface area contributed by atoms with Crippen LogP contribution in [0.1, 0.15) is 114 Å². The van der Waals surface area contributed by atoms with Gasteiger partial charge in [0.05, 0.1) is 26.4 Å². The number of nitrogens with one attached hydrogen (secondary N) is 4. The van der Waals surface area contributed by atoms with E-state index in [0.717, 1.165) is 32.1 Å². The first-order chi connectivity index (χ1) is 27.8. The zero-order valence-electron chi connectivity index (χ0n) is 36.8. The molecule has 0 spiro atoms. The maximum absolute atomic E-state index is 13.0. The average Bonchev–Trinajstić information content (AvgIpc) is 3.87. The van der Waals surface area contributed by atoms with Gasteiger partial charge in [-0.3, -0.25) is 19.2 Å². The van der Waals surface area contributed by atoms with Crippen LogP contribution in [-0.2, 0) is 57.3 Å². The molecule has 16 nitrogen and oxygen atoms in total. The zero-order chi connectivity index (χ0) is 44.1. The van der Waals surface area contributed by atoms with Crippen molar-refractivity contribution in [3.05, 3.63) is 0 Å². The fraction of sp³-hybridized carbons (Fsp3) is 0.814. The Labute approximate surface area is 349 Å². The Morgan fingerprint density at radius 1 is 0.441 bits per heavy atom. The molecule has 3 rings (SSSR count). The maximum atomic E-state index is 13.0. The summed E-state index contributed by atoms with van der Waals surface area (Å²) in [5.41, 5.74) is 0. The van der Waals surface area contributed by atoms with Gasteiger partial charge >= 0.3 is 23.9 Å². The predicted molar refractivity (Wildman–Crippen MR) is 216 cm³/mol. The minimum absolute atomic E-state index is 0.000538. The number of carbonyl (C=O) groups excluding carboxylic acids is 8. The van der Waals surface area contributed by atoms with Gasteiger partial charge in [-0.2, -0.15) is 0 Å². The lowest BCUT2D eigenvalue weighted by atomic mass is 9.72. The highest BCUT2D eigenvalue weighted by Crippen LogP contribution is 2.57. The van der Waals surface area contributed by atoms with Crippen molar-refractivity contribution < 1.29 is 57.3 Å². The molecule has 59 heavy (non-hydrogen) atoms. The quantitative estimate of drug-likeness (QED) is 0.103. The Hall–Kier alpha value is -4.24. The van der Waals surface area contributed by atoms with Crippen LogP contribution >= 0.6 is 0 Å². The van der Waals surface area contributed by atoms with Gasteiger partial charge in [0.1, 0.15) is 24.2 Å². The highest BCUT2D eigenvalue weighted by molar-refractivity contribution is 5.84. The largest absolute Gasteiger partial charge is 0.464 e. The van der Waals surface area contributed by atoms with Gasteiger partial charge in [0.2, 0.25) is 23.6 Å². The summed E-state index contributed by atoms with van der Waals surface area (Å²) in [6.45, 7) is 16.6. The van der Waals surface area contributed by atoms with Crippen molar-refractivity contribution in [3.63, 3.8) is 0 Å². The second-order valence-corrected chi connectivity index (χ2v) is 17.4. The van der Waals surface area contributed by atoms with E-state index in [2.05, 4.69) is 35.1 Å². The summed E-state index contributed by atoms with van der Waals surface area (Å²) >= 11 is 0. The van der Waals surface area contributed by atoms with E-state index in [1.165, 1.54) is 27.7 Å². The number of esters is 4. The molecule has 0 aromatic carbocycles. The molecule has 3 saturated carbocycles. The first-order valence-electron chi connectivity index (χ1n) is 21.5. The molecule has 0 aromatic heterocycles. The molecule has 334 valence electrons. The Morgan fingerprint density at radius 2 is 0.695 bits per heavy atom. The minimum Gasteiger partial charge on any atom is -0.464 e. The molecule has 3 aliphatic rings. The Morgan fingerprint density at radius 3 is 0.932 bits per heavy atom. The molecule has 0 heterocycles. The van der Waals surface area contributed by atoms with Gasteiger partial charge in [-0.1, -0.05) is 26.7 Å². The third kappa shape index (κ3) is 14.2. The van der Waals surface area contributed by atoms with E-state index in [-0.39, 0.29) is 109 Å². The fourth-order valence-corrected chi connectivity index (χ4v) is 10.7. The summed E-state index contributed by atoms with van der Waals surface area (Å²) in [7, 11) is 0. The molecule has 16 heteroatoms. The number of ether oxygens (including phenoxy) is 4. The van der Waals surface area contributed by atoms with Crippen molar-refractivity contribution in [2.45, 2.75) is 138 Å². The lowest BCUT2D eigenvalue weighted by molar-refractivity contribution is -0.149. The molecule has 3 fully saturated rings. The van der Waals surface area contributed by atoms with E-state index >= 15 is 0 Å². The van der Waals surface area contributed by atoms with Crippen molar-refractivity contribution in [1.29, 1.82) is 0 Å².